The lowest BCUT2D eigenvalue weighted by atomic mass is 9.98. The first-order valence-corrected chi connectivity index (χ1v) is 12.8. The van der Waals surface area contributed by atoms with Gasteiger partial charge in [0.2, 0.25) is 0 Å². The van der Waals surface area contributed by atoms with Gasteiger partial charge < -0.3 is 11.5 Å². The summed E-state index contributed by atoms with van der Waals surface area (Å²) in [6.07, 6.45) is 7.97. The van der Waals surface area contributed by atoms with E-state index >= 15 is 0 Å². The first-order valence-electron chi connectivity index (χ1n) is 12.8. The Labute approximate surface area is 211 Å². The Balaban J connectivity index is 1.16. The first-order chi connectivity index (χ1) is 17.0. The Bertz CT molecular complexity index is 1140. The number of unbranched alkanes of at least 4 members (excludes halogenated alkanes) is 2. The van der Waals surface area contributed by atoms with Gasteiger partial charge in [-0.2, -0.15) is 0 Å². The Morgan fingerprint density at radius 3 is 1.14 bits per heavy atom. The summed E-state index contributed by atoms with van der Waals surface area (Å²) in [4.78, 5) is 0. The molecule has 0 aliphatic carbocycles. The predicted octanol–water partition coefficient (Wildman–Crippen LogP) is 7.60. The van der Waals surface area contributed by atoms with Crippen LogP contribution in [0.1, 0.15) is 63.8 Å². The molecule has 0 fully saturated rings. The van der Waals surface area contributed by atoms with Crippen molar-refractivity contribution in [1.82, 2.24) is 0 Å². The summed E-state index contributed by atoms with van der Waals surface area (Å²) >= 11 is 0. The van der Waals surface area contributed by atoms with E-state index in [1.165, 1.54) is 52.6 Å². The molecule has 0 spiro atoms. The van der Waals surface area contributed by atoms with Gasteiger partial charge in [0.15, 0.2) is 0 Å². The Morgan fingerprint density at radius 2 is 0.771 bits per heavy atom. The molecule has 2 heteroatoms. The lowest BCUT2D eigenvalue weighted by molar-refractivity contribution is 0.678. The minimum absolute atomic E-state index is 0.866. The topological polar surface area (TPSA) is 52.0 Å². The summed E-state index contributed by atoms with van der Waals surface area (Å²) in [7, 11) is 0. The lowest BCUT2D eigenvalue weighted by Crippen LogP contribution is -1.94. The third-order valence-electron chi connectivity index (χ3n) is 6.96. The van der Waals surface area contributed by atoms with Crippen molar-refractivity contribution in [2.24, 2.45) is 0 Å². The van der Waals surface area contributed by atoms with Crippen LogP contribution in [0.25, 0.3) is 0 Å². The molecule has 4 rings (SSSR count). The maximum atomic E-state index is 5.94. The number of nitrogen functional groups attached to an aromatic ring is 2. The molecule has 0 heterocycles. The van der Waals surface area contributed by atoms with Crippen LogP contribution >= 0.6 is 0 Å². The predicted molar refractivity (Wildman–Crippen MR) is 151 cm³/mol. The number of aryl methyl sites for hydroxylation is 4. The molecule has 0 atom stereocenters. The normalized spacial score (nSPS) is 11.0. The minimum atomic E-state index is 0.866. The third kappa shape index (κ3) is 7.23. The molecule has 0 radical (unpaired) electrons. The summed E-state index contributed by atoms with van der Waals surface area (Å²) in [6.45, 7) is 4.14. The molecule has 0 amide bonds. The molecule has 180 valence electrons. The molecule has 0 aliphatic heterocycles. The van der Waals surface area contributed by atoms with E-state index in [1.54, 1.807) is 0 Å². The summed E-state index contributed by atoms with van der Waals surface area (Å²) in [5.41, 5.74) is 24.1. The molecule has 0 bridgehead atoms. The van der Waals surface area contributed by atoms with Gasteiger partial charge in [0, 0.05) is 11.4 Å². The molecular weight excluding hydrogens is 424 g/mol. The number of benzene rings is 4. The fourth-order valence-electron chi connectivity index (χ4n) is 4.65. The molecule has 0 aromatic heterocycles. The molecule has 4 aromatic carbocycles. The van der Waals surface area contributed by atoms with E-state index in [1.807, 2.05) is 12.1 Å². The van der Waals surface area contributed by atoms with E-state index in [-0.39, 0.29) is 0 Å². The summed E-state index contributed by atoms with van der Waals surface area (Å²) < 4.78 is 0. The van der Waals surface area contributed by atoms with Crippen LogP contribution in [-0.2, 0) is 25.7 Å². The summed E-state index contributed by atoms with van der Waals surface area (Å²) in [5.74, 6) is 0. The quantitative estimate of drug-likeness (QED) is 0.188. The van der Waals surface area contributed by atoms with Gasteiger partial charge in [0.1, 0.15) is 0 Å². The van der Waals surface area contributed by atoms with E-state index in [2.05, 4.69) is 86.6 Å². The monoisotopic (exact) mass is 462 g/mol. The van der Waals surface area contributed by atoms with Gasteiger partial charge in [0.05, 0.1) is 0 Å². The van der Waals surface area contributed by atoms with Crippen LogP contribution in [0.4, 0.5) is 11.4 Å². The zero-order valence-electron chi connectivity index (χ0n) is 21.2. The zero-order valence-corrected chi connectivity index (χ0v) is 21.2. The van der Waals surface area contributed by atoms with Crippen LogP contribution in [0.15, 0.2) is 84.9 Å². The summed E-state index contributed by atoms with van der Waals surface area (Å²) in [5, 5.41) is 0. The second-order valence-corrected chi connectivity index (χ2v) is 9.93. The highest BCUT2D eigenvalue weighted by Crippen LogP contribution is 2.19. The van der Waals surface area contributed by atoms with Crippen molar-refractivity contribution in [1.29, 1.82) is 0 Å². The Morgan fingerprint density at radius 1 is 0.429 bits per heavy atom. The van der Waals surface area contributed by atoms with E-state index in [0.717, 1.165) is 48.2 Å². The fraction of sp³-hybridized carbons (Fsp3) is 0.273. The highest BCUT2D eigenvalue weighted by Gasteiger charge is 2.02. The number of hydrogen-bond donors (Lipinski definition) is 2. The van der Waals surface area contributed by atoms with Crippen molar-refractivity contribution in [3.8, 4) is 0 Å². The van der Waals surface area contributed by atoms with Gasteiger partial charge in [-0.05, 0) is 109 Å². The van der Waals surface area contributed by atoms with Crippen LogP contribution in [-0.4, -0.2) is 0 Å². The molecule has 4 N–H and O–H groups in total. The standard InChI is InChI=1S/C33H38N2/c1-24-20-30(16-18-32(24)34)22-28-12-8-26(9-13-28)6-4-3-5-7-27-10-14-29(15-11-27)23-31-17-19-33(35)25(2)21-31/h8-21H,3-7,22-23,34-35H2,1-2H3. The van der Waals surface area contributed by atoms with E-state index in [0.29, 0.717) is 0 Å². The molecule has 0 saturated carbocycles. The maximum Gasteiger partial charge on any atom is 0.0343 e. The van der Waals surface area contributed by atoms with Gasteiger partial charge in [-0.25, -0.2) is 0 Å². The van der Waals surface area contributed by atoms with E-state index < -0.39 is 0 Å². The van der Waals surface area contributed by atoms with Gasteiger partial charge in [-0.3, -0.25) is 0 Å². The van der Waals surface area contributed by atoms with Crippen LogP contribution in [0, 0.1) is 13.8 Å². The van der Waals surface area contributed by atoms with Crippen molar-refractivity contribution < 1.29 is 0 Å². The van der Waals surface area contributed by atoms with E-state index in [4.69, 9.17) is 11.5 Å². The van der Waals surface area contributed by atoms with Crippen molar-refractivity contribution in [2.75, 3.05) is 11.5 Å². The number of nitrogens with two attached hydrogens (primary N) is 2. The largest absolute Gasteiger partial charge is 0.399 e. The van der Waals surface area contributed by atoms with Crippen molar-refractivity contribution in [3.05, 3.63) is 129 Å². The molecule has 0 unspecified atom stereocenters. The highest BCUT2D eigenvalue weighted by atomic mass is 14.6. The fourth-order valence-corrected chi connectivity index (χ4v) is 4.65. The second kappa shape index (κ2) is 11.8. The Kier molecular flexibility index (Phi) is 8.26. The van der Waals surface area contributed by atoms with Crippen LogP contribution in [0.2, 0.25) is 0 Å². The van der Waals surface area contributed by atoms with E-state index in [9.17, 15) is 0 Å². The van der Waals surface area contributed by atoms with Gasteiger partial charge in [0.25, 0.3) is 0 Å². The number of rotatable bonds is 10. The molecule has 0 aliphatic rings. The van der Waals surface area contributed by atoms with Gasteiger partial charge in [-0.15, -0.1) is 0 Å². The van der Waals surface area contributed by atoms with Crippen molar-refractivity contribution in [3.63, 3.8) is 0 Å². The number of anilines is 2. The maximum absolute atomic E-state index is 5.94. The molecule has 4 aromatic rings. The average Bonchev–Trinajstić information content (AvgIpc) is 2.85. The molecule has 2 nitrogen and oxygen atoms in total. The zero-order chi connectivity index (χ0) is 24.6. The lowest BCUT2D eigenvalue weighted by Gasteiger charge is -2.08. The smallest absolute Gasteiger partial charge is 0.0343 e. The van der Waals surface area contributed by atoms with Gasteiger partial charge in [-0.1, -0.05) is 79.2 Å². The molecule has 0 saturated heterocycles. The molecular formula is C33H38N2. The Hall–Kier alpha value is -3.52. The number of hydrogen-bond acceptors (Lipinski definition) is 2. The van der Waals surface area contributed by atoms with Crippen molar-refractivity contribution in [2.45, 2.75) is 58.8 Å². The van der Waals surface area contributed by atoms with Crippen molar-refractivity contribution >= 4 is 11.4 Å². The van der Waals surface area contributed by atoms with Crippen LogP contribution in [0.5, 0.6) is 0 Å². The summed E-state index contributed by atoms with van der Waals surface area (Å²) in [6, 6.07) is 30.9. The molecule has 35 heavy (non-hydrogen) atoms. The average molecular weight is 463 g/mol. The van der Waals surface area contributed by atoms with Gasteiger partial charge >= 0.3 is 0 Å². The third-order valence-corrected chi connectivity index (χ3v) is 6.96. The minimum Gasteiger partial charge on any atom is -0.399 e. The van der Waals surface area contributed by atoms with Crippen LogP contribution < -0.4 is 11.5 Å². The SMILES string of the molecule is Cc1cc(Cc2ccc(CCCCCc3ccc(Cc4ccc(N)c(C)c4)cc3)cc2)ccc1N. The van der Waals surface area contributed by atoms with Crippen LogP contribution in [0.3, 0.4) is 0 Å². The second-order valence-electron chi connectivity index (χ2n) is 9.93. The first kappa shape index (κ1) is 24.6. The highest BCUT2D eigenvalue weighted by molar-refractivity contribution is 5.49.